The van der Waals surface area contributed by atoms with Gasteiger partial charge in [-0.3, -0.25) is 9.59 Å². The van der Waals surface area contributed by atoms with Crippen LogP contribution < -0.4 is 4.74 Å². The van der Waals surface area contributed by atoms with Crippen LogP contribution in [0.25, 0.3) is 6.08 Å². The van der Waals surface area contributed by atoms with Crippen molar-refractivity contribution < 1.29 is 75.2 Å². The quantitative estimate of drug-likeness (QED) is 0.0379. The third-order valence-electron chi connectivity index (χ3n) is 14.0. The summed E-state index contributed by atoms with van der Waals surface area (Å²) in [5, 5.41) is 119. The summed E-state index contributed by atoms with van der Waals surface area (Å²) in [6.07, 6.45) is -0.354. The van der Waals surface area contributed by atoms with Gasteiger partial charge in [0.25, 0.3) is 0 Å². The predicted molar refractivity (Wildman–Crippen MR) is 273 cm³/mol. The number of benzene rings is 8. The lowest BCUT2D eigenvalue weighted by Crippen LogP contribution is -2.27. The van der Waals surface area contributed by atoms with E-state index in [2.05, 4.69) is 0 Å². The van der Waals surface area contributed by atoms with E-state index in [1.165, 1.54) is 91.0 Å². The summed E-state index contributed by atoms with van der Waals surface area (Å²) in [5.41, 5.74) is 2.91. The van der Waals surface area contributed by atoms with E-state index in [1.54, 1.807) is 54.6 Å². The van der Waals surface area contributed by atoms with Gasteiger partial charge in [-0.2, -0.15) is 0 Å². The average Bonchev–Trinajstić information content (AvgIpc) is 3.95. The minimum Gasteiger partial charge on any atom is -0.508 e. The number of ether oxygens (including phenoxy) is 2. The fourth-order valence-electron chi connectivity index (χ4n) is 10.5. The molecule has 2 aliphatic rings. The lowest BCUT2D eigenvalue weighted by molar-refractivity contribution is 0.0254. The predicted octanol–water partition coefficient (Wildman–Crippen LogP) is 10.6. The first-order valence-corrected chi connectivity index (χ1v) is 23.7. The van der Waals surface area contributed by atoms with Crippen LogP contribution in [-0.2, 0) is 11.2 Å². The third kappa shape index (κ3) is 9.63. The molecule has 0 amide bonds. The maximum Gasteiger partial charge on any atom is 0.189 e. The molecule has 7 atom stereocenters. The Morgan fingerprint density at radius 3 is 1.60 bits per heavy atom. The van der Waals surface area contributed by atoms with E-state index < -0.39 is 76.5 Å². The normalized spacial score (nSPS) is 19.4. The number of hydrogen-bond acceptors (Lipinski definition) is 15. The molecule has 378 valence electrons. The zero-order chi connectivity index (χ0) is 52.8. The van der Waals surface area contributed by atoms with Crippen molar-refractivity contribution in [1.82, 2.24) is 0 Å². The van der Waals surface area contributed by atoms with Crippen molar-refractivity contribution in [2.75, 3.05) is 0 Å². The summed E-state index contributed by atoms with van der Waals surface area (Å²) in [6, 6.07) is 37.6. The number of ketones is 2. The third-order valence-corrected chi connectivity index (χ3v) is 14.0. The Bertz CT molecular complexity index is 3520. The Balaban J connectivity index is 1.16. The number of carbonyl (C=O) groups excluding carboxylic acids is 2. The first-order valence-electron chi connectivity index (χ1n) is 23.7. The van der Waals surface area contributed by atoms with E-state index >= 15 is 4.79 Å². The number of rotatable bonds is 13. The molecule has 15 heteroatoms. The molecule has 15 nitrogen and oxygen atoms in total. The second-order valence-corrected chi connectivity index (χ2v) is 18.7. The molecule has 8 aromatic carbocycles. The monoisotopic (exact) mass is 1010 g/mol. The zero-order valence-corrected chi connectivity index (χ0v) is 39.5. The Morgan fingerprint density at radius 1 is 0.467 bits per heavy atom. The molecule has 0 radical (unpaired) electrons. The van der Waals surface area contributed by atoms with E-state index in [-0.39, 0.29) is 74.5 Å². The molecule has 0 aliphatic carbocycles. The molecule has 1 fully saturated rings. The summed E-state index contributed by atoms with van der Waals surface area (Å²) in [5.74, 6) is -7.88. The van der Waals surface area contributed by atoms with Crippen molar-refractivity contribution in [3.8, 4) is 69.0 Å². The van der Waals surface area contributed by atoms with Gasteiger partial charge < -0.3 is 65.6 Å². The molecule has 10 rings (SSSR count). The lowest BCUT2D eigenvalue weighted by atomic mass is 9.72. The van der Waals surface area contributed by atoms with Crippen molar-refractivity contribution in [1.29, 1.82) is 0 Å². The highest BCUT2D eigenvalue weighted by Gasteiger charge is 2.51. The van der Waals surface area contributed by atoms with Gasteiger partial charge in [0.05, 0.1) is 29.3 Å². The molecule has 0 aromatic heterocycles. The molecule has 2 aliphatic heterocycles. The molecular formula is C60H48O15. The maximum absolute atomic E-state index is 15.1. The second-order valence-electron chi connectivity index (χ2n) is 18.7. The van der Waals surface area contributed by atoms with Crippen molar-refractivity contribution in [2.24, 2.45) is 11.8 Å². The minimum absolute atomic E-state index is 0.0139. The lowest BCUT2D eigenvalue weighted by Gasteiger charge is -2.31. The summed E-state index contributed by atoms with van der Waals surface area (Å²) < 4.78 is 13.7. The molecule has 1 saturated heterocycles. The van der Waals surface area contributed by atoms with Crippen LogP contribution in [0.1, 0.15) is 95.4 Å². The van der Waals surface area contributed by atoms with Crippen molar-refractivity contribution in [3.63, 3.8) is 0 Å². The Morgan fingerprint density at radius 2 is 1.00 bits per heavy atom. The first kappa shape index (κ1) is 49.0. The summed E-state index contributed by atoms with van der Waals surface area (Å²) in [7, 11) is 0. The number of carbonyl (C=O) groups is 2. The van der Waals surface area contributed by atoms with Crippen LogP contribution in [-0.4, -0.2) is 67.7 Å². The van der Waals surface area contributed by atoms with E-state index in [0.717, 1.165) is 24.3 Å². The summed E-state index contributed by atoms with van der Waals surface area (Å²) >= 11 is 0. The molecule has 0 saturated carbocycles. The summed E-state index contributed by atoms with van der Waals surface area (Å²) in [6.45, 7) is 0. The van der Waals surface area contributed by atoms with Gasteiger partial charge in [-0.15, -0.1) is 0 Å². The van der Waals surface area contributed by atoms with Gasteiger partial charge in [0, 0.05) is 64.3 Å². The van der Waals surface area contributed by atoms with E-state index in [4.69, 9.17) is 9.47 Å². The van der Waals surface area contributed by atoms with E-state index in [0.29, 0.717) is 33.6 Å². The highest BCUT2D eigenvalue weighted by Crippen LogP contribution is 2.60. The number of allylic oxidation sites excluding steroid dienone is 1. The zero-order valence-electron chi connectivity index (χ0n) is 39.5. The van der Waals surface area contributed by atoms with Crippen LogP contribution in [0.3, 0.4) is 0 Å². The summed E-state index contributed by atoms with van der Waals surface area (Å²) in [4.78, 5) is 28.4. The van der Waals surface area contributed by atoms with Crippen LogP contribution in [0.2, 0.25) is 0 Å². The molecule has 11 N–H and O–H groups in total. The highest BCUT2D eigenvalue weighted by molar-refractivity contribution is 6.08. The van der Waals surface area contributed by atoms with Crippen LogP contribution in [0.4, 0.5) is 0 Å². The average molecular weight is 1010 g/mol. The van der Waals surface area contributed by atoms with E-state index in [1.807, 2.05) is 0 Å². The number of Topliss-reactive ketones (excluding diaryl/α,β-unsaturated/α-hetero) is 1. The van der Waals surface area contributed by atoms with Gasteiger partial charge in [0.15, 0.2) is 11.6 Å². The maximum atomic E-state index is 15.1. The molecule has 75 heavy (non-hydrogen) atoms. The van der Waals surface area contributed by atoms with E-state index in [9.17, 15) is 61.0 Å². The van der Waals surface area contributed by atoms with Crippen molar-refractivity contribution >= 4 is 17.6 Å². The molecule has 8 aromatic rings. The second kappa shape index (κ2) is 19.8. The van der Waals surface area contributed by atoms with Gasteiger partial charge >= 0.3 is 0 Å². The van der Waals surface area contributed by atoms with Crippen molar-refractivity contribution in [2.45, 2.75) is 36.6 Å². The molecular weight excluding hydrogens is 961 g/mol. The number of aromatic hydroxyl groups is 11. The van der Waals surface area contributed by atoms with Crippen molar-refractivity contribution in [3.05, 3.63) is 219 Å². The van der Waals surface area contributed by atoms with Gasteiger partial charge in [0.2, 0.25) is 0 Å². The molecule has 2 heterocycles. The van der Waals surface area contributed by atoms with Gasteiger partial charge in [-0.05, 0) is 120 Å². The van der Waals surface area contributed by atoms with Crippen LogP contribution in [0, 0.1) is 11.8 Å². The number of phenolic OH excluding ortho intramolecular Hbond substituents is 11. The van der Waals surface area contributed by atoms with Crippen LogP contribution in [0.5, 0.6) is 69.0 Å². The Labute approximate surface area is 428 Å². The largest absolute Gasteiger partial charge is 0.508 e. The molecule has 0 spiro atoms. The highest BCUT2D eigenvalue weighted by atomic mass is 16.5. The fourth-order valence-corrected chi connectivity index (χ4v) is 10.5. The van der Waals surface area contributed by atoms with Crippen LogP contribution >= 0.6 is 0 Å². The number of phenols is 11. The van der Waals surface area contributed by atoms with Gasteiger partial charge in [0.1, 0.15) is 75.1 Å². The number of fused-ring (bicyclic) bond motifs is 1. The molecule has 0 unspecified atom stereocenters. The van der Waals surface area contributed by atoms with Crippen LogP contribution in [0.15, 0.2) is 164 Å². The first-order chi connectivity index (χ1) is 36.0. The standard InChI is InChI=1S/C60H48O15/c61-34-9-1-30(2-10-34)24-46-56(57(73)42-20-17-39(66)27-50(42)70)59(33-7-13-36(63)14-8-33)75-60(46)44-28-43(51(71)29-52(44)72)54(41-19-16-38(65)26-49(41)69)55-45-23-31(3-21-47(67)40-18-15-37(64)25-48(40)68)4-22-53(45)74-58(55)32-5-11-35(62)12-6-32/h1-23,25-29,46,54-56,58-66,68-72H,24H2/t46-,54-,55+,56+,58+,59+,60+/m1/s1. The van der Waals surface area contributed by atoms with Gasteiger partial charge in [-0.1, -0.05) is 54.6 Å². The SMILES string of the molecule is O=C(C=Cc1ccc2c(c1)[C@@H]([C@H](c1ccc(O)cc1O)c1cc([C@@H]3O[C@@H](c4ccc(O)cc4)[C@H](C(=O)c4ccc(O)cc4O)[C@H]3Cc3ccc(O)cc3)c(O)cc1O)[C@H](c1ccc(O)cc1)O2)c1ccc(O)cc1O. The smallest absolute Gasteiger partial charge is 0.189 e. The molecule has 0 bridgehead atoms. The Hall–Kier alpha value is -9.60. The Kier molecular flexibility index (Phi) is 12.9. The fraction of sp³-hybridized carbons (Fsp3) is 0.133. The van der Waals surface area contributed by atoms with Gasteiger partial charge in [-0.25, -0.2) is 0 Å². The number of hydrogen-bond donors (Lipinski definition) is 11. The minimum atomic E-state index is -1.19. The topological polar surface area (TPSA) is 275 Å².